The average molecular weight is 100 g/mol. The normalized spacial score (nSPS) is 18.3. The van der Waals surface area contributed by atoms with E-state index in [1.165, 1.54) is 16.0 Å². The predicted molar refractivity (Wildman–Crippen MR) is 28.5 cm³/mol. The van der Waals surface area contributed by atoms with Gasteiger partial charge in [0.05, 0.1) is 0 Å². The van der Waals surface area contributed by atoms with Crippen molar-refractivity contribution in [3.8, 4) is 0 Å². The van der Waals surface area contributed by atoms with Gasteiger partial charge in [0, 0.05) is 11.4 Å². The van der Waals surface area contributed by atoms with Crippen LogP contribution in [-0.4, -0.2) is 16.9 Å². The maximum absolute atomic E-state index is 3.74. The summed E-state index contributed by atoms with van der Waals surface area (Å²) in [4.78, 5) is 0. The molecule has 0 aromatic rings. The van der Waals surface area contributed by atoms with Crippen LogP contribution in [0.2, 0.25) is 0 Å². The first-order chi connectivity index (χ1) is 2.89. The second kappa shape index (κ2) is 1.34. The molecular formula is C3H4N2S. The molecule has 0 aromatic carbocycles. The summed E-state index contributed by atoms with van der Waals surface area (Å²) in [7, 11) is 0. The van der Waals surface area contributed by atoms with Crippen molar-refractivity contribution in [1.82, 2.24) is 0 Å². The van der Waals surface area contributed by atoms with E-state index in [1.807, 2.05) is 5.49 Å². The average Bonchev–Trinajstić information content (AvgIpc) is 1.86. The van der Waals surface area contributed by atoms with Gasteiger partial charge in [-0.05, 0) is 0 Å². The van der Waals surface area contributed by atoms with Crippen molar-refractivity contribution in [2.24, 2.45) is 0 Å². The molecule has 1 aliphatic heterocycles. The Morgan fingerprint density at radius 2 is 2.83 bits per heavy atom. The topological polar surface area (TPSA) is 17.1 Å². The van der Waals surface area contributed by atoms with E-state index in [-0.39, 0.29) is 0 Å². The van der Waals surface area contributed by atoms with Crippen molar-refractivity contribution in [3.05, 3.63) is 11.3 Å². The number of hydrogen-bond acceptors (Lipinski definition) is 0. The first-order valence-corrected chi connectivity index (χ1v) is 2.45. The molecule has 0 aromatic heterocycles. The molecule has 1 aliphatic rings. The molecular weight excluding hydrogens is 96.1 g/mol. The fourth-order valence-corrected chi connectivity index (χ4v) is 0.637. The Labute approximate surface area is 40.4 Å². The van der Waals surface area contributed by atoms with Crippen LogP contribution in [0.3, 0.4) is 0 Å². The zero-order chi connectivity index (χ0) is 4.41. The van der Waals surface area contributed by atoms with Gasteiger partial charge in [0.25, 0.3) is 0 Å². The van der Waals surface area contributed by atoms with E-state index in [2.05, 4.69) is 12.1 Å². The monoisotopic (exact) mass is 100 g/mol. The quantitative estimate of drug-likeness (QED) is 0.176. The number of rotatable bonds is 0. The molecule has 0 saturated heterocycles. The fourth-order valence-electron chi connectivity index (χ4n) is 0.212. The molecule has 6 heavy (non-hydrogen) atoms. The summed E-state index contributed by atoms with van der Waals surface area (Å²) in [6, 6.07) is 0. The smallest absolute Gasteiger partial charge is 0.374 e. The van der Waals surface area contributed by atoms with Crippen LogP contribution in [0.5, 0.6) is 0 Å². The van der Waals surface area contributed by atoms with Gasteiger partial charge in [-0.1, -0.05) is 5.88 Å². The predicted octanol–water partition coefficient (Wildman–Crippen LogP) is -0.0366. The lowest BCUT2D eigenvalue weighted by Gasteiger charge is -2.00. The Hall–Kier alpha value is -0.440. The minimum absolute atomic E-state index is 1.52. The highest BCUT2D eigenvalue weighted by atomic mass is 32.1. The molecule has 0 unspecified atom stereocenters. The Balaban J connectivity index is 2.59. The molecule has 3 heteroatoms. The second-order valence-electron chi connectivity index (χ2n) is 0.902. The van der Waals surface area contributed by atoms with Crippen LogP contribution in [0.15, 0.2) is 0 Å². The van der Waals surface area contributed by atoms with Crippen molar-refractivity contribution < 1.29 is 4.68 Å². The van der Waals surface area contributed by atoms with Gasteiger partial charge in [-0.15, -0.1) is 0 Å². The SMILES string of the molecule is C=[N+]1C=[S+][CH-][N-]1. The molecule has 0 N–H and O–H groups in total. The van der Waals surface area contributed by atoms with Gasteiger partial charge in [-0.2, -0.15) is 0 Å². The van der Waals surface area contributed by atoms with E-state index < -0.39 is 0 Å². The summed E-state index contributed by atoms with van der Waals surface area (Å²) in [6.45, 7) is 3.50. The van der Waals surface area contributed by atoms with Crippen LogP contribution in [0.25, 0.3) is 5.43 Å². The Morgan fingerprint density at radius 3 is 3.00 bits per heavy atom. The third kappa shape index (κ3) is 0.542. The van der Waals surface area contributed by atoms with Crippen molar-refractivity contribution in [2.75, 3.05) is 0 Å². The van der Waals surface area contributed by atoms with Crippen LogP contribution >= 0.6 is 0 Å². The van der Waals surface area contributed by atoms with E-state index in [4.69, 9.17) is 0 Å². The Bertz CT molecular complexity index is 97.0. The lowest BCUT2D eigenvalue weighted by molar-refractivity contribution is -0.316. The van der Waals surface area contributed by atoms with Crippen LogP contribution in [0.4, 0.5) is 0 Å². The minimum Gasteiger partial charge on any atom is -0.537 e. The lowest BCUT2D eigenvalue weighted by Crippen LogP contribution is -1.89. The Morgan fingerprint density at radius 1 is 2.00 bits per heavy atom. The van der Waals surface area contributed by atoms with Gasteiger partial charge < -0.3 is 5.43 Å². The van der Waals surface area contributed by atoms with Gasteiger partial charge in [-0.3, -0.25) is 0 Å². The summed E-state index contributed by atoms with van der Waals surface area (Å²) in [6.07, 6.45) is 0. The van der Waals surface area contributed by atoms with Gasteiger partial charge in [0.15, 0.2) is 0 Å². The van der Waals surface area contributed by atoms with Gasteiger partial charge in [0.1, 0.15) is 6.72 Å². The van der Waals surface area contributed by atoms with E-state index >= 15 is 0 Å². The highest BCUT2D eigenvalue weighted by Gasteiger charge is 1.88. The molecule has 2 nitrogen and oxygen atoms in total. The van der Waals surface area contributed by atoms with Crippen molar-refractivity contribution in [3.63, 3.8) is 0 Å². The van der Waals surface area contributed by atoms with Crippen molar-refractivity contribution in [2.45, 2.75) is 0 Å². The summed E-state index contributed by atoms with van der Waals surface area (Å²) >= 11 is 1.53. The molecule has 1 rings (SSSR count). The van der Waals surface area contributed by atoms with E-state index in [0.717, 1.165) is 0 Å². The van der Waals surface area contributed by atoms with Gasteiger partial charge in [0.2, 0.25) is 0 Å². The first-order valence-electron chi connectivity index (χ1n) is 1.50. The van der Waals surface area contributed by atoms with Crippen molar-refractivity contribution in [1.29, 1.82) is 0 Å². The zero-order valence-electron chi connectivity index (χ0n) is 3.16. The summed E-state index contributed by atoms with van der Waals surface area (Å²) in [5.41, 5.74) is 5.56. The molecule has 1 heterocycles. The molecule has 0 radical (unpaired) electrons. The van der Waals surface area contributed by atoms with Crippen molar-refractivity contribution >= 4 is 23.6 Å². The third-order valence-corrected chi connectivity index (χ3v) is 1.02. The lowest BCUT2D eigenvalue weighted by atomic mass is 11.3. The minimum atomic E-state index is 1.52. The highest BCUT2D eigenvalue weighted by molar-refractivity contribution is 7.79. The van der Waals surface area contributed by atoms with Gasteiger partial charge in [-0.25, -0.2) is 4.68 Å². The highest BCUT2D eigenvalue weighted by Crippen LogP contribution is 1.94. The largest absolute Gasteiger partial charge is 0.537 e. The zero-order valence-corrected chi connectivity index (χ0v) is 3.98. The molecule has 0 atom stereocenters. The van der Waals surface area contributed by atoms with Crippen LogP contribution in [-0.2, 0) is 11.4 Å². The molecule has 0 fully saturated rings. The maximum atomic E-state index is 3.74. The maximum Gasteiger partial charge on any atom is 0.374 e. The molecule has 0 saturated carbocycles. The van der Waals surface area contributed by atoms with Gasteiger partial charge >= 0.3 is 5.49 Å². The summed E-state index contributed by atoms with van der Waals surface area (Å²) in [5.74, 6) is 1.73. The van der Waals surface area contributed by atoms with Crippen LogP contribution < -0.4 is 0 Å². The molecule has 0 aliphatic carbocycles. The van der Waals surface area contributed by atoms with Crippen LogP contribution in [0.1, 0.15) is 0 Å². The van der Waals surface area contributed by atoms with Crippen LogP contribution in [0, 0.1) is 5.88 Å². The molecule has 0 spiro atoms. The first kappa shape index (κ1) is 3.74. The van der Waals surface area contributed by atoms with E-state index in [0.29, 0.717) is 0 Å². The number of hydrogen-bond donors (Lipinski definition) is 0. The summed E-state index contributed by atoms with van der Waals surface area (Å²) < 4.78 is 1.52. The molecule has 0 bridgehead atoms. The van der Waals surface area contributed by atoms with E-state index in [1.54, 1.807) is 5.88 Å². The van der Waals surface area contributed by atoms with E-state index in [9.17, 15) is 0 Å². The third-order valence-electron chi connectivity index (χ3n) is 0.439. The number of nitrogens with zero attached hydrogens (tertiary/aromatic N) is 2. The standard InChI is InChI=1S/C3H4N2S/c1-5-3-6-2-4-5/h2-3H,1H2. The molecule has 0 amide bonds. The second-order valence-corrected chi connectivity index (χ2v) is 1.60. The fraction of sp³-hybridized carbons (Fsp3) is 0. The summed E-state index contributed by atoms with van der Waals surface area (Å²) in [5, 5.41) is 0. The molecule has 32 valence electrons. The Kier molecular flexibility index (Phi) is 0.837.